The zero-order valence-electron chi connectivity index (χ0n) is 18.1. The average Bonchev–Trinajstić information content (AvgIpc) is 2.77. The number of ether oxygens (including phenoxy) is 1. The summed E-state index contributed by atoms with van der Waals surface area (Å²) in [7, 11) is 0. The number of rotatable bonds is 4. The number of amides is 2. The number of piperazine rings is 1. The first kappa shape index (κ1) is 20.9. The third kappa shape index (κ3) is 4.13. The lowest BCUT2D eigenvalue weighted by Gasteiger charge is -2.40. The molecule has 1 atom stereocenters. The zero-order valence-corrected chi connectivity index (χ0v) is 18.1. The maximum Gasteiger partial charge on any atom is 0.265 e. The Morgan fingerprint density at radius 3 is 2.45 bits per heavy atom. The van der Waals surface area contributed by atoms with Crippen molar-refractivity contribution in [1.82, 2.24) is 4.90 Å². The molecule has 0 N–H and O–H groups in total. The van der Waals surface area contributed by atoms with Crippen LogP contribution in [0.4, 0.5) is 11.4 Å². The predicted molar refractivity (Wildman–Crippen MR) is 119 cm³/mol. The van der Waals surface area contributed by atoms with E-state index in [4.69, 9.17) is 4.74 Å². The third-order valence-corrected chi connectivity index (χ3v) is 5.95. The Morgan fingerprint density at radius 1 is 1.03 bits per heavy atom. The van der Waals surface area contributed by atoms with Crippen molar-refractivity contribution in [2.24, 2.45) is 0 Å². The summed E-state index contributed by atoms with van der Waals surface area (Å²) in [6.45, 7) is 7.83. The summed E-state index contributed by atoms with van der Waals surface area (Å²) in [5, 5.41) is 0. The van der Waals surface area contributed by atoms with Gasteiger partial charge in [0.25, 0.3) is 5.91 Å². The molecule has 2 aliphatic heterocycles. The lowest BCUT2D eigenvalue weighted by atomic mass is 10.1. The van der Waals surface area contributed by atoms with Crippen LogP contribution in [0, 0.1) is 6.92 Å². The summed E-state index contributed by atoms with van der Waals surface area (Å²) in [5.74, 6) is 0.0197. The van der Waals surface area contributed by atoms with Gasteiger partial charge in [-0.05, 0) is 56.7 Å². The number of nitrogens with zero attached hydrogens (tertiary/aromatic N) is 3. The second-order valence-corrected chi connectivity index (χ2v) is 8.12. The van der Waals surface area contributed by atoms with Gasteiger partial charge in [-0.15, -0.1) is 0 Å². The maximum absolute atomic E-state index is 13.3. The van der Waals surface area contributed by atoms with Gasteiger partial charge >= 0.3 is 0 Å². The van der Waals surface area contributed by atoms with E-state index >= 15 is 0 Å². The molecule has 31 heavy (non-hydrogen) atoms. The van der Waals surface area contributed by atoms with Crippen LogP contribution in [0.25, 0.3) is 0 Å². The highest BCUT2D eigenvalue weighted by Gasteiger charge is 2.36. The largest absolute Gasteiger partial charge is 0.482 e. The van der Waals surface area contributed by atoms with Gasteiger partial charge in [0, 0.05) is 37.4 Å². The van der Waals surface area contributed by atoms with Crippen molar-refractivity contribution in [1.29, 1.82) is 0 Å². The molecule has 1 saturated heterocycles. The van der Waals surface area contributed by atoms with Gasteiger partial charge in [0.1, 0.15) is 11.8 Å². The van der Waals surface area contributed by atoms with Crippen molar-refractivity contribution < 1.29 is 19.1 Å². The summed E-state index contributed by atoms with van der Waals surface area (Å²) in [5.41, 5.74) is 3.32. The molecule has 2 aliphatic rings. The summed E-state index contributed by atoms with van der Waals surface area (Å²) in [4.78, 5) is 43.3. The van der Waals surface area contributed by atoms with E-state index in [0.29, 0.717) is 30.1 Å². The first-order chi connectivity index (χ1) is 14.8. The summed E-state index contributed by atoms with van der Waals surface area (Å²) < 4.78 is 5.51. The molecule has 2 heterocycles. The Morgan fingerprint density at radius 2 is 1.77 bits per heavy atom. The average molecular weight is 421 g/mol. The molecule has 1 fully saturated rings. The Balaban J connectivity index is 1.49. The van der Waals surface area contributed by atoms with E-state index in [2.05, 4.69) is 30.0 Å². The molecule has 7 nitrogen and oxygen atoms in total. The van der Waals surface area contributed by atoms with Crippen molar-refractivity contribution in [3.05, 3.63) is 53.6 Å². The van der Waals surface area contributed by atoms with Gasteiger partial charge in [-0.3, -0.25) is 19.3 Å². The lowest BCUT2D eigenvalue weighted by molar-refractivity contribution is -0.135. The van der Waals surface area contributed by atoms with Gasteiger partial charge in [0.05, 0.1) is 5.69 Å². The first-order valence-corrected chi connectivity index (χ1v) is 10.6. The number of fused-ring (bicyclic) bond motifs is 1. The molecular weight excluding hydrogens is 394 g/mol. The minimum absolute atomic E-state index is 0.0988. The van der Waals surface area contributed by atoms with E-state index in [1.807, 2.05) is 11.0 Å². The molecule has 0 saturated carbocycles. The van der Waals surface area contributed by atoms with Gasteiger partial charge in [-0.25, -0.2) is 0 Å². The van der Waals surface area contributed by atoms with Crippen molar-refractivity contribution >= 4 is 29.0 Å². The van der Waals surface area contributed by atoms with Crippen molar-refractivity contribution in [3.63, 3.8) is 0 Å². The molecule has 0 bridgehead atoms. The first-order valence-electron chi connectivity index (χ1n) is 10.6. The van der Waals surface area contributed by atoms with Gasteiger partial charge in [-0.1, -0.05) is 12.1 Å². The fraction of sp³-hybridized carbons (Fsp3) is 0.375. The molecule has 0 radical (unpaired) electrons. The van der Waals surface area contributed by atoms with Crippen LogP contribution in [0.15, 0.2) is 42.5 Å². The molecular formula is C24H27N3O4. The topological polar surface area (TPSA) is 70.2 Å². The van der Waals surface area contributed by atoms with Crippen LogP contribution in [0.5, 0.6) is 5.75 Å². The van der Waals surface area contributed by atoms with Crippen LogP contribution < -0.4 is 14.5 Å². The maximum atomic E-state index is 13.3. The summed E-state index contributed by atoms with van der Waals surface area (Å²) >= 11 is 0. The van der Waals surface area contributed by atoms with Crippen molar-refractivity contribution in [2.75, 3.05) is 42.6 Å². The second kappa shape index (κ2) is 8.41. The number of benzene rings is 2. The molecule has 2 aromatic rings. The van der Waals surface area contributed by atoms with Crippen LogP contribution in [0.1, 0.15) is 29.8 Å². The summed E-state index contributed by atoms with van der Waals surface area (Å²) in [6.07, 6.45) is 0. The Kier molecular flexibility index (Phi) is 5.67. The molecule has 2 amide bonds. The van der Waals surface area contributed by atoms with Gasteiger partial charge in [0.15, 0.2) is 12.4 Å². The molecule has 1 unspecified atom stereocenters. The fourth-order valence-electron chi connectivity index (χ4n) is 4.20. The number of hydrogen-bond acceptors (Lipinski definition) is 5. The van der Waals surface area contributed by atoms with Crippen LogP contribution in [-0.4, -0.2) is 61.3 Å². The number of ketones is 1. The molecule has 2 aromatic carbocycles. The lowest BCUT2D eigenvalue weighted by Crippen LogP contribution is -2.56. The number of carbonyl (C=O) groups excluding carboxylic acids is 3. The number of aryl methyl sites for hydroxylation is 1. The molecule has 162 valence electrons. The second-order valence-electron chi connectivity index (χ2n) is 8.12. The third-order valence-electron chi connectivity index (χ3n) is 5.95. The Bertz CT molecular complexity index is 1030. The number of carbonyl (C=O) groups is 3. The van der Waals surface area contributed by atoms with Crippen LogP contribution in [-0.2, 0) is 9.59 Å². The van der Waals surface area contributed by atoms with Gasteiger partial charge < -0.3 is 14.5 Å². The highest BCUT2D eigenvalue weighted by Crippen LogP contribution is 2.35. The molecule has 0 spiro atoms. The van der Waals surface area contributed by atoms with E-state index in [1.165, 1.54) is 17.4 Å². The van der Waals surface area contributed by atoms with E-state index in [9.17, 15) is 14.4 Å². The van der Waals surface area contributed by atoms with E-state index in [1.54, 1.807) is 25.1 Å². The SMILES string of the molecule is CC(=O)c1ccc2c(c1)N(C(C)C(=O)N1CCN(c3cccc(C)c3)CC1)C(=O)CO2. The number of anilines is 2. The highest BCUT2D eigenvalue weighted by atomic mass is 16.5. The number of hydrogen-bond donors (Lipinski definition) is 0. The molecule has 7 heteroatoms. The standard InChI is InChI=1S/C24H27N3O4/c1-16-5-4-6-20(13-16)25-9-11-26(12-10-25)24(30)17(2)27-21-14-19(18(3)28)7-8-22(21)31-15-23(27)29/h4-8,13-14,17H,9-12,15H2,1-3H3. The van der Waals surface area contributed by atoms with E-state index in [-0.39, 0.29) is 24.2 Å². The predicted octanol–water partition coefficient (Wildman–Crippen LogP) is 2.66. The minimum Gasteiger partial charge on any atom is -0.482 e. The number of Topliss-reactive ketones (excluding diaryl/α,β-unsaturated/α-hetero) is 1. The smallest absolute Gasteiger partial charge is 0.265 e. The van der Waals surface area contributed by atoms with Crippen molar-refractivity contribution in [2.45, 2.75) is 26.8 Å². The zero-order chi connectivity index (χ0) is 22.1. The van der Waals surface area contributed by atoms with Gasteiger partial charge in [0.2, 0.25) is 5.91 Å². The normalized spacial score (nSPS) is 17.1. The molecule has 0 aliphatic carbocycles. The Hall–Kier alpha value is -3.35. The minimum atomic E-state index is -0.678. The highest BCUT2D eigenvalue weighted by molar-refractivity contribution is 6.05. The van der Waals surface area contributed by atoms with Crippen LogP contribution >= 0.6 is 0 Å². The fourth-order valence-corrected chi connectivity index (χ4v) is 4.20. The molecule has 4 rings (SSSR count). The van der Waals surface area contributed by atoms with E-state index in [0.717, 1.165) is 18.8 Å². The quantitative estimate of drug-likeness (QED) is 0.710. The monoisotopic (exact) mass is 421 g/mol. The van der Waals surface area contributed by atoms with Gasteiger partial charge in [-0.2, -0.15) is 0 Å². The van der Waals surface area contributed by atoms with Crippen LogP contribution in [0.3, 0.4) is 0 Å². The van der Waals surface area contributed by atoms with Crippen LogP contribution in [0.2, 0.25) is 0 Å². The Labute approximate surface area is 182 Å². The summed E-state index contributed by atoms with van der Waals surface area (Å²) in [6, 6.07) is 12.7. The van der Waals surface area contributed by atoms with E-state index < -0.39 is 6.04 Å². The molecule has 0 aromatic heterocycles. The van der Waals surface area contributed by atoms with Crippen molar-refractivity contribution in [3.8, 4) is 5.75 Å².